The summed E-state index contributed by atoms with van der Waals surface area (Å²) in [5.41, 5.74) is 7.83. The highest BCUT2D eigenvalue weighted by Crippen LogP contribution is 2.37. The summed E-state index contributed by atoms with van der Waals surface area (Å²) in [6.45, 7) is 0. The second kappa shape index (κ2) is 4.00. The average molecular weight is 232 g/mol. The van der Waals surface area contributed by atoms with E-state index in [9.17, 15) is 5.11 Å². The van der Waals surface area contributed by atoms with Crippen molar-refractivity contribution in [2.45, 2.75) is 49.8 Å². The number of fused-ring (bicyclic) bond motifs is 1. The molecule has 1 aliphatic heterocycles. The highest BCUT2D eigenvalue weighted by Gasteiger charge is 2.41. The van der Waals surface area contributed by atoms with Crippen LogP contribution < -0.4 is 11.1 Å². The van der Waals surface area contributed by atoms with Crippen LogP contribution in [0.1, 0.15) is 31.2 Å². The quantitative estimate of drug-likeness (QED) is 0.690. The largest absolute Gasteiger partial charge is 0.388 e. The maximum atomic E-state index is 10.7. The van der Waals surface area contributed by atoms with Gasteiger partial charge in [-0.1, -0.05) is 18.2 Å². The Labute approximate surface area is 102 Å². The molecule has 0 radical (unpaired) electrons. The van der Waals surface area contributed by atoms with E-state index in [0.29, 0.717) is 0 Å². The summed E-state index contributed by atoms with van der Waals surface area (Å²) in [5, 5.41) is 14.2. The van der Waals surface area contributed by atoms with Gasteiger partial charge in [-0.2, -0.15) is 0 Å². The molecule has 92 valence electrons. The Morgan fingerprint density at radius 1 is 1.24 bits per heavy atom. The Morgan fingerprint density at radius 3 is 2.65 bits per heavy atom. The first-order valence-electron chi connectivity index (χ1n) is 6.50. The molecule has 0 aromatic heterocycles. The first kappa shape index (κ1) is 11.1. The molecule has 1 heterocycles. The van der Waals surface area contributed by atoms with Gasteiger partial charge in [0.15, 0.2) is 0 Å². The zero-order valence-electron chi connectivity index (χ0n) is 10.0. The first-order chi connectivity index (χ1) is 8.17. The molecule has 1 saturated carbocycles. The van der Waals surface area contributed by atoms with Gasteiger partial charge < -0.3 is 16.2 Å². The van der Waals surface area contributed by atoms with Crippen LogP contribution in [0.5, 0.6) is 0 Å². The lowest BCUT2D eigenvalue weighted by Gasteiger charge is -2.39. The monoisotopic (exact) mass is 232 g/mol. The number of aliphatic hydroxyl groups is 1. The normalized spacial score (nSPS) is 36.4. The van der Waals surface area contributed by atoms with Gasteiger partial charge in [0, 0.05) is 11.7 Å². The SMILES string of the molecule is NC1CCC(O)(C2Cc3ccccc3N2)CC1. The van der Waals surface area contributed by atoms with Crippen LogP contribution in [0.3, 0.4) is 0 Å². The number of hydrogen-bond acceptors (Lipinski definition) is 3. The fourth-order valence-electron chi connectivity index (χ4n) is 3.11. The second-order valence-corrected chi connectivity index (χ2v) is 5.50. The van der Waals surface area contributed by atoms with Crippen molar-refractivity contribution in [1.82, 2.24) is 0 Å². The lowest BCUT2D eigenvalue weighted by Crippen LogP contribution is -2.50. The van der Waals surface area contributed by atoms with Gasteiger partial charge in [0.25, 0.3) is 0 Å². The summed E-state index contributed by atoms with van der Waals surface area (Å²) in [6, 6.07) is 8.76. The smallest absolute Gasteiger partial charge is 0.0852 e. The van der Waals surface area contributed by atoms with E-state index >= 15 is 0 Å². The topological polar surface area (TPSA) is 58.3 Å². The Balaban J connectivity index is 1.76. The molecular weight excluding hydrogens is 212 g/mol. The highest BCUT2D eigenvalue weighted by atomic mass is 16.3. The fraction of sp³-hybridized carbons (Fsp3) is 0.571. The molecule has 0 spiro atoms. The van der Waals surface area contributed by atoms with Gasteiger partial charge in [0.2, 0.25) is 0 Å². The van der Waals surface area contributed by atoms with E-state index < -0.39 is 5.60 Å². The summed E-state index contributed by atoms with van der Waals surface area (Å²) < 4.78 is 0. The molecule has 0 bridgehead atoms. The maximum absolute atomic E-state index is 10.7. The van der Waals surface area contributed by atoms with Crippen LogP contribution in [0.4, 0.5) is 5.69 Å². The lowest BCUT2D eigenvalue weighted by molar-refractivity contribution is -0.0155. The Bertz CT molecular complexity index is 385. The molecule has 1 aromatic carbocycles. The second-order valence-electron chi connectivity index (χ2n) is 5.50. The lowest BCUT2D eigenvalue weighted by atomic mass is 9.77. The standard InChI is InChI=1S/C14H20N2O/c15-11-5-7-14(17,8-6-11)13-9-10-3-1-2-4-12(10)16-13/h1-4,11,13,16-17H,5-9,15H2. The minimum absolute atomic E-state index is 0.160. The number of nitrogens with one attached hydrogen (secondary N) is 1. The third kappa shape index (κ3) is 1.94. The van der Waals surface area contributed by atoms with Crippen molar-refractivity contribution in [3.8, 4) is 0 Å². The van der Waals surface area contributed by atoms with Gasteiger partial charge in [-0.15, -0.1) is 0 Å². The molecule has 1 aliphatic carbocycles. The van der Waals surface area contributed by atoms with Gasteiger partial charge in [-0.05, 0) is 43.7 Å². The van der Waals surface area contributed by atoms with Crippen LogP contribution >= 0.6 is 0 Å². The van der Waals surface area contributed by atoms with Crippen molar-refractivity contribution in [3.63, 3.8) is 0 Å². The predicted molar refractivity (Wildman–Crippen MR) is 68.9 cm³/mol. The van der Waals surface area contributed by atoms with Crippen LogP contribution in [0, 0.1) is 0 Å². The van der Waals surface area contributed by atoms with Crippen LogP contribution in [0.2, 0.25) is 0 Å². The van der Waals surface area contributed by atoms with Crippen LogP contribution in [0.25, 0.3) is 0 Å². The zero-order chi connectivity index (χ0) is 11.9. The number of para-hydroxylation sites is 1. The number of nitrogens with two attached hydrogens (primary N) is 1. The van der Waals surface area contributed by atoms with Crippen LogP contribution in [-0.2, 0) is 6.42 Å². The third-order valence-corrected chi connectivity index (χ3v) is 4.32. The van der Waals surface area contributed by atoms with Crippen molar-refractivity contribution < 1.29 is 5.11 Å². The van der Waals surface area contributed by atoms with Gasteiger partial charge in [0.1, 0.15) is 0 Å². The molecule has 17 heavy (non-hydrogen) atoms. The molecule has 3 nitrogen and oxygen atoms in total. The first-order valence-corrected chi connectivity index (χ1v) is 6.50. The molecule has 3 heteroatoms. The third-order valence-electron chi connectivity index (χ3n) is 4.32. The number of hydrogen-bond donors (Lipinski definition) is 3. The number of benzene rings is 1. The molecule has 1 aromatic rings. The van der Waals surface area contributed by atoms with E-state index in [1.165, 1.54) is 11.3 Å². The van der Waals surface area contributed by atoms with Crippen LogP contribution in [-0.4, -0.2) is 22.8 Å². The van der Waals surface area contributed by atoms with Crippen molar-refractivity contribution in [1.29, 1.82) is 0 Å². The van der Waals surface area contributed by atoms with Gasteiger partial charge >= 0.3 is 0 Å². The summed E-state index contributed by atoms with van der Waals surface area (Å²) in [5.74, 6) is 0. The molecule has 1 atom stereocenters. The average Bonchev–Trinajstić information content (AvgIpc) is 2.77. The predicted octanol–water partition coefficient (Wildman–Crippen LogP) is 1.66. The van der Waals surface area contributed by atoms with E-state index in [1.807, 2.05) is 6.07 Å². The van der Waals surface area contributed by atoms with E-state index in [2.05, 4.69) is 23.5 Å². The fourth-order valence-corrected chi connectivity index (χ4v) is 3.11. The molecule has 2 aliphatic rings. The summed E-state index contributed by atoms with van der Waals surface area (Å²) >= 11 is 0. The minimum Gasteiger partial charge on any atom is -0.388 e. The van der Waals surface area contributed by atoms with Crippen molar-refractivity contribution in [3.05, 3.63) is 29.8 Å². The Hall–Kier alpha value is -1.06. The molecule has 0 amide bonds. The minimum atomic E-state index is -0.575. The summed E-state index contributed by atoms with van der Waals surface area (Å²) in [6.07, 6.45) is 4.44. The van der Waals surface area contributed by atoms with E-state index in [-0.39, 0.29) is 12.1 Å². The van der Waals surface area contributed by atoms with Crippen LogP contribution in [0.15, 0.2) is 24.3 Å². The molecule has 0 saturated heterocycles. The Morgan fingerprint density at radius 2 is 1.94 bits per heavy atom. The van der Waals surface area contributed by atoms with Gasteiger partial charge in [-0.25, -0.2) is 0 Å². The van der Waals surface area contributed by atoms with Gasteiger partial charge in [0.05, 0.1) is 11.6 Å². The van der Waals surface area contributed by atoms with Gasteiger partial charge in [-0.3, -0.25) is 0 Å². The molecule has 3 rings (SSSR count). The van der Waals surface area contributed by atoms with E-state index in [0.717, 1.165) is 32.1 Å². The Kier molecular flexibility index (Phi) is 2.60. The molecular formula is C14H20N2O. The van der Waals surface area contributed by atoms with Crippen molar-refractivity contribution in [2.75, 3.05) is 5.32 Å². The highest BCUT2D eigenvalue weighted by molar-refractivity contribution is 5.57. The molecule has 4 N–H and O–H groups in total. The van der Waals surface area contributed by atoms with Crippen molar-refractivity contribution >= 4 is 5.69 Å². The summed E-state index contributed by atoms with van der Waals surface area (Å²) in [7, 11) is 0. The number of rotatable bonds is 1. The molecule has 1 fully saturated rings. The molecule has 1 unspecified atom stereocenters. The number of anilines is 1. The van der Waals surface area contributed by atoms with Crippen molar-refractivity contribution in [2.24, 2.45) is 5.73 Å². The van der Waals surface area contributed by atoms with E-state index in [4.69, 9.17) is 5.73 Å². The maximum Gasteiger partial charge on any atom is 0.0852 e. The zero-order valence-corrected chi connectivity index (χ0v) is 10.0. The summed E-state index contributed by atoms with van der Waals surface area (Å²) in [4.78, 5) is 0. The van der Waals surface area contributed by atoms with E-state index in [1.54, 1.807) is 0 Å².